The molecule has 0 radical (unpaired) electrons. The molecule has 0 heterocycles. The van der Waals surface area contributed by atoms with Gasteiger partial charge in [0, 0.05) is 17.6 Å². The average Bonchev–Trinajstić information content (AvgIpc) is 2.92. The second-order valence-corrected chi connectivity index (χ2v) is 9.28. The molecular weight excluding hydrogens is 525 g/mol. The average molecular weight is 552 g/mol. The second-order valence-electron chi connectivity index (χ2n) is 8.84. The number of aliphatic hydroxyl groups is 1. The van der Waals surface area contributed by atoms with Crippen LogP contribution >= 0.6 is 11.6 Å². The van der Waals surface area contributed by atoms with Crippen LogP contribution in [0.15, 0.2) is 84.9 Å². The van der Waals surface area contributed by atoms with Crippen LogP contribution in [0.2, 0.25) is 5.02 Å². The van der Waals surface area contributed by atoms with Crippen LogP contribution in [0.4, 0.5) is 4.39 Å². The zero-order valence-corrected chi connectivity index (χ0v) is 21.7. The number of phenolic OH excluding ortho intramolecular Hbond substituents is 1. The molecule has 4 aromatic carbocycles. The molecule has 0 spiro atoms. The summed E-state index contributed by atoms with van der Waals surface area (Å²) in [6.07, 6.45) is -0.789. The molecule has 0 amide bonds. The zero-order chi connectivity index (χ0) is 27.9. The van der Waals surface area contributed by atoms with Crippen LogP contribution < -0.4 is 14.8 Å². The van der Waals surface area contributed by atoms with Crippen molar-refractivity contribution in [3.05, 3.63) is 107 Å². The molecule has 4 rings (SSSR count). The fraction of sp³-hybridized carbons (Fsp3) is 0.167. The highest BCUT2D eigenvalue weighted by Crippen LogP contribution is 2.33. The molecule has 0 saturated carbocycles. The molecule has 4 N–H and O–H groups in total. The van der Waals surface area contributed by atoms with E-state index in [4.69, 9.17) is 21.1 Å². The number of aromatic hydroxyl groups is 1. The highest BCUT2D eigenvalue weighted by molar-refractivity contribution is 6.30. The molecule has 0 aliphatic carbocycles. The van der Waals surface area contributed by atoms with Crippen molar-refractivity contribution in [2.75, 3.05) is 13.2 Å². The van der Waals surface area contributed by atoms with E-state index in [0.717, 1.165) is 0 Å². The molecule has 0 aliphatic heterocycles. The standard InChI is InChI=1S/C30H27ClFNO6/c1-18(29(35)19-2-8-23(34)9-3-19)33-14-15-38-27-13-5-20(16-26(27)32)21-4-12-25(30(36)37)28(17-21)39-24-10-6-22(31)7-11-24/h2-13,16-18,29,33-35H,14-15H2,1H3,(H,36,37)/t18-,29+/m1/s1. The van der Waals surface area contributed by atoms with Gasteiger partial charge in [-0.3, -0.25) is 0 Å². The number of aliphatic hydroxyl groups excluding tert-OH is 1. The van der Waals surface area contributed by atoms with Gasteiger partial charge in [-0.05, 0) is 84.3 Å². The molecule has 0 unspecified atom stereocenters. The molecule has 7 nitrogen and oxygen atoms in total. The fourth-order valence-corrected chi connectivity index (χ4v) is 4.04. The largest absolute Gasteiger partial charge is 0.508 e. The van der Waals surface area contributed by atoms with Crippen molar-refractivity contribution in [2.45, 2.75) is 19.1 Å². The minimum Gasteiger partial charge on any atom is -0.508 e. The summed E-state index contributed by atoms with van der Waals surface area (Å²) in [5.41, 5.74) is 1.70. The van der Waals surface area contributed by atoms with Gasteiger partial charge in [-0.2, -0.15) is 0 Å². The SMILES string of the molecule is C[C@@H](NCCOc1ccc(-c2ccc(C(=O)O)c(Oc3ccc(Cl)cc3)c2)cc1F)[C@H](O)c1ccc(O)cc1. The minimum absolute atomic E-state index is 0.0358. The number of ether oxygens (including phenoxy) is 2. The van der Waals surface area contributed by atoms with Crippen LogP contribution in [0, 0.1) is 5.82 Å². The summed E-state index contributed by atoms with van der Waals surface area (Å²) in [6, 6.07) is 21.5. The van der Waals surface area contributed by atoms with E-state index in [1.54, 1.807) is 48.5 Å². The Balaban J connectivity index is 1.39. The Kier molecular flexibility index (Phi) is 9.03. The summed E-state index contributed by atoms with van der Waals surface area (Å²) in [4.78, 5) is 11.7. The van der Waals surface area contributed by atoms with Gasteiger partial charge in [0.05, 0.1) is 6.10 Å². The number of carbonyl (C=O) groups is 1. The Hall–Kier alpha value is -4.11. The molecule has 2 atom stereocenters. The Labute approximate surface area is 230 Å². The topological polar surface area (TPSA) is 108 Å². The summed E-state index contributed by atoms with van der Waals surface area (Å²) in [5, 5.41) is 33.1. The molecule has 9 heteroatoms. The smallest absolute Gasteiger partial charge is 0.339 e. The van der Waals surface area contributed by atoms with Gasteiger partial charge in [0.15, 0.2) is 11.6 Å². The lowest BCUT2D eigenvalue weighted by Gasteiger charge is -2.21. The van der Waals surface area contributed by atoms with Crippen LogP contribution in [-0.4, -0.2) is 40.5 Å². The Morgan fingerprint density at radius 2 is 1.62 bits per heavy atom. The van der Waals surface area contributed by atoms with E-state index in [2.05, 4.69) is 5.32 Å². The van der Waals surface area contributed by atoms with Crippen molar-refractivity contribution in [2.24, 2.45) is 0 Å². The molecule has 0 fully saturated rings. The van der Waals surface area contributed by atoms with Crippen LogP contribution in [0.3, 0.4) is 0 Å². The van der Waals surface area contributed by atoms with E-state index in [1.165, 1.54) is 36.4 Å². The third kappa shape index (κ3) is 7.26. The first-order chi connectivity index (χ1) is 18.7. The Morgan fingerprint density at radius 3 is 2.28 bits per heavy atom. The van der Waals surface area contributed by atoms with E-state index in [1.807, 2.05) is 6.92 Å². The molecule has 0 saturated heterocycles. The number of carboxylic acids is 1. The molecular formula is C30H27ClFNO6. The van der Waals surface area contributed by atoms with E-state index in [0.29, 0.717) is 34.0 Å². The molecule has 39 heavy (non-hydrogen) atoms. The quantitative estimate of drug-likeness (QED) is 0.159. The molecule has 0 aliphatic rings. The van der Waals surface area contributed by atoms with E-state index in [-0.39, 0.29) is 35.5 Å². The normalized spacial score (nSPS) is 12.5. The monoisotopic (exact) mass is 551 g/mol. The number of hydrogen-bond acceptors (Lipinski definition) is 6. The first kappa shape index (κ1) is 27.9. The summed E-state index contributed by atoms with van der Waals surface area (Å²) in [7, 11) is 0. The number of carboxylic acid groups (broad SMARTS) is 1. The van der Waals surface area contributed by atoms with Gasteiger partial charge in [-0.15, -0.1) is 0 Å². The van der Waals surface area contributed by atoms with Crippen molar-refractivity contribution < 1.29 is 34.0 Å². The molecule has 202 valence electrons. The van der Waals surface area contributed by atoms with E-state index < -0.39 is 17.9 Å². The molecule has 0 bridgehead atoms. The van der Waals surface area contributed by atoms with Crippen molar-refractivity contribution >= 4 is 17.6 Å². The number of aromatic carboxylic acids is 1. The maximum Gasteiger partial charge on any atom is 0.339 e. The first-order valence-electron chi connectivity index (χ1n) is 12.1. The van der Waals surface area contributed by atoms with Gasteiger partial charge in [0.1, 0.15) is 29.4 Å². The molecule has 0 aromatic heterocycles. The Morgan fingerprint density at radius 1 is 0.949 bits per heavy atom. The van der Waals surface area contributed by atoms with Gasteiger partial charge in [0.2, 0.25) is 0 Å². The fourth-order valence-electron chi connectivity index (χ4n) is 3.91. The third-order valence-corrected chi connectivity index (χ3v) is 6.30. The Bertz CT molecular complexity index is 1430. The van der Waals surface area contributed by atoms with Gasteiger partial charge in [-0.1, -0.05) is 35.9 Å². The lowest BCUT2D eigenvalue weighted by molar-refractivity contribution is 0.0694. The van der Waals surface area contributed by atoms with E-state index >= 15 is 0 Å². The predicted molar refractivity (Wildman–Crippen MR) is 146 cm³/mol. The number of benzene rings is 4. The lowest BCUT2D eigenvalue weighted by atomic mass is 10.0. The van der Waals surface area contributed by atoms with Crippen LogP contribution in [-0.2, 0) is 0 Å². The highest BCUT2D eigenvalue weighted by Gasteiger charge is 2.17. The van der Waals surface area contributed by atoms with Crippen LogP contribution in [0.1, 0.15) is 28.9 Å². The highest BCUT2D eigenvalue weighted by atomic mass is 35.5. The third-order valence-electron chi connectivity index (χ3n) is 6.05. The van der Waals surface area contributed by atoms with Crippen LogP contribution in [0.5, 0.6) is 23.0 Å². The van der Waals surface area contributed by atoms with Gasteiger partial charge in [-0.25, -0.2) is 9.18 Å². The summed E-state index contributed by atoms with van der Waals surface area (Å²) in [5.74, 6) is -1.03. The maximum absolute atomic E-state index is 14.9. The second kappa shape index (κ2) is 12.6. The minimum atomic E-state index is -1.15. The number of hydrogen-bond donors (Lipinski definition) is 4. The van der Waals surface area contributed by atoms with Crippen LogP contribution in [0.25, 0.3) is 11.1 Å². The van der Waals surface area contributed by atoms with Gasteiger partial charge >= 0.3 is 5.97 Å². The maximum atomic E-state index is 14.9. The lowest BCUT2D eigenvalue weighted by Crippen LogP contribution is -2.35. The number of phenols is 1. The number of halogens is 2. The summed E-state index contributed by atoms with van der Waals surface area (Å²) in [6.45, 7) is 2.34. The first-order valence-corrected chi connectivity index (χ1v) is 12.5. The summed E-state index contributed by atoms with van der Waals surface area (Å²) >= 11 is 5.91. The predicted octanol–water partition coefficient (Wildman–Crippen LogP) is 6.43. The van der Waals surface area contributed by atoms with Crippen molar-refractivity contribution in [1.29, 1.82) is 0 Å². The molecule has 4 aromatic rings. The van der Waals surface area contributed by atoms with Crippen molar-refractivity contribution in [3.8, 4) is 34.1 Å². The zero-order valence-electron chi connectivity index (χ0n) is 21.0. The van der Waals surface area contributed by atoms with Gasteiger partial charge in [0.25, 0.3) is 0 Å². The van der Waals surface area contributed by atoms with Gasteiger partial charge < -0.3 is 30.1 Å². The van der Waals surface area contributed by atoms with Crippen molar-refractivity contribution in [1.82, 2.24) is 5.32 Å². The number of rotatable bonds is 11. The summed E-state index contributed by atoms with van der Waals surface area (Å²) < 4.78 is 26.2. The van der Waals surface area contributed by atoms with Crippen molar-refractivity contribution in [3.63, 3.8) is 0 Å². The number of nitrogens with one attached hydrogen (secondary N) is 1. The van der Waals surface area contributed by atoms with E-state index in [9.17, 15) is 24.5 Å².